The van der Waals surface area contributed by atoms with E-state index in [1.54, 1.807) is 3.28 Å². The number of benzene rings is 4. The molecule has 0 radical (unpaired) electrons. The van der Waals surface area contributed by atoms with E-state index in [9.17, 15) is 0 Å². The molecule has 4 aliphatic carbocycles. The molecule has 0 amide bonds. The maximum absolute atomic E-state index is 5.86. The van der Waals surface area contributed by atoms with Crippen LogP contribution in [0, 0.1) is 0 Å². The van der Waals surface area contributed by atoms with Crippen LogP contribution < -0.4 is 6.54 Å². The van der Waals surface area contributed by atoms with Crippen LogP contribution in [0.5, 0.6) is 0 Å². The molecule has 0 N–H and O–H groups in total. The molecule has 294 valence electrons. The molecule has 0 spiro atoms. The molecule has 0 fully saturated rings. The summed E-state index contributed by atoms with van der Waals surface area (Å²) in [6, 6.07) is 30.0. The van der Waals surface area contributed by atoms with Crippen molar-refractivity contribution in [2.45, 2.75) is 128 Å². The molecular formula is C53H64Cl2Zr. The average molecular weight is 863 g/mol. The summed E-state index contributed by atoms with van der Waals surface area (Å²) in [6.45, 7) is 28.6. The Labute approximate surface area is 352 Å². The zero-order valence-corrected chi connectivity index (χ0v) is 40.1. The van der Waals surface area contributed by atoms with Crippen LogP contribution in [-0.2, 0) is 46.4 Å². The first-order chi connectivity index (χ1) is 25.2. The Hall–Kier alpha value is -2.83. The van der Waals surface area contributed by atoms with Crippen molar-refractivity contribution in [3.05, 3.63) is 151 Å². The molecule has 4 aliphatic rings. The monoisotopic (exact) mass is 860 g/mol. The van der Waals surface area contributed by atoms with Gasteiger partial charge < -0.3 is 0 Å². The molecule has 0 nitrogen and oxygen atoms in total. The standard InChI is InChI=1S/C27H29.2C10H13.C5H5.CH2.2ClH.Zr/c1-16-7-9-26(3,4)24-12-18-11-19-13-25-21(17(2)8-10-27(25,5)6)15-23(19)22(18)14-20(16)24;2*1-10(2,3)9-7-5-4-6-8-9;1-2-4-5-3-1;;;;/h7-9,12-15H,10-11H2,1-6H3;2*5-8H,1-3H3;1-3H,4H2;1H2;2*1H;. The van der Waals surface area contributed by atoms with Crippen molar-refractivity contribution in [3.8, 4) is 11.1 Å². The van der Waals surface area contributed by atoms with Crippen LogP contribution in [0.15, 0.2) is 106 Å². The molecule has 0 heterocycles. The molecule has 0 saturated carbocycles. The van der Waals surface area contributed by atoms with Crippen molar-refractivity contribution in [1.29, 1.82) is 0 Å². The second-order valence-corrected chi connectivity index (χ2v) is 34.4. The van der Waals surface area contributed by atoms with Crippen molar-refractivity contribution in [2.75, 3.05) is 0 Å². The molecule has 0 aromatic heterocycles. The molecular weight excluding hydrogens is 799 g/mol. The SMILES string of the molecule is Cl.Cl.[CH2]=[Zr]([C]1=CC=CC1)([c]1ccc(C(C)(C)C)cc1)([c]1ccc(C(C)(C)C)cc1)[CH]1C=C(C)c2cc3c(cc2C1(C)C)Cc1cc2c(cc1-3)C(C)=CCC2(C)C. The van der Waals surface area contributed by atoms with Gasteiger partial charge in [0.05, 0.1) is 0 Å². The Bertz CT molecular complexity index is 2370. The summed E-state index contributed by atoms with van der Waals surface area (Å²) < 4.78 is 10.6. The number of hydrogen-bond donors (Lipinski definition) is 0. The van der Waals surface area contributed by atoms with E-state index in [1.807, 2.05) is 0 Å². The van der Waals surface area contributed by atoms with Crippen LogP contribution in [0.1, 0.15) is 140 Å². The van der Waals surface area contributed by atoms with Crippen LogP contribution in [0.25, 0.3) is 22.3 Å². The summed E-state index contributed by atoms with van der Waals surface area (Å²) in [5, 5.41) is 0. The van der Waals surface area contributed by atoms with E-state index >= 15 is 0 Å². The van der Waals surface area contributed by atoms with Gasteiger partial charge >= 0.3 is 330 Å². The Morgan fingerprint density at radius 2 is 1.12 bits per heavy atom. The molecule has 1 unspecified atom stereocenters. The Balaban J connectivity index is 0.00000266. The van der Waals surface area contributed by atoms with Crippen LogP contribution in [0.3, 0.4) is 0 Å². The van der Waals surface area contributed by atoms with Crippen LogP contribution in [0.2, 0.25) is 3.63 Å². The summed E-state index contributed by atoms with van der Waals surface area (Å²) in [5.74, 6) is 0. The number of fused-ring (bicyclic) bond motifs is 5. The van der Waals surface area contributed by atoms with Gasteiger partial charge in [0.25, 0.3) is 0 Å². The van der Waals surface area contributed by atoms with Crippen molar-refractivity contribution in [1.82, 2.24) is 0 Å². The number of halogens is 2. The van der Waals surface area contributed by atoms with E-state index in [4.69, 9.17) is 4.21 Å². The van der Waals surface area contributed by atoms with Gasteiger partial charge in [-0.25, -0.2) is 0 Å². The Kier molecular flexibility index (Phi) is 10.6. The zero-order chi connectivity index (χ0) is 38.8. The summed E-state index contributed by atoms with van der Waals surface area (Å²) >= 11 is -4.81. The first-order valence-corrected chi connectivity index (χ1v) is 27.3. The Morgan fingerprint density at radius 1 is 0.643 bits per heavy atom. The predicted octanol–water partition coefficient (Wildman–Crippen LogP) is 13.9. The van der Waals surface area contributed by atoms with Gasteiger partial charge in [0.15, 0.2) is 0 Å². The van der Waals surface area contributed by atoms with Gasteiger partial charge in [-0.3, -0.25) is 0 Å². The van der Waals surface area contributed by atoms with Crippen molar-refractivity contribution >= 4 is 46.7 Å². The number of allylic oxidation sites excluding steroid dienone is 8. The first kappa shape index (κ1) is 42.8. The quantitative estimate of drug-likeness (QED) is 0.169. The van der Waals surface area contributed by atoms with Gasteiger partial charge in [-0.2, -0.15) is 0 Å². The molecule has 3 heteroatoms. The van der Waals surface area contributed by atoms with E-state index in [2.05, 4.69) is 186 Å². The minimum atomic E-state index is -4.81. The van der Waals surface area contributed by atoms with Crippen molar-refractivity contribution < 1.29 is 18.3 Å². The predicted molar refractivity (Wildman–Crippen MR) is 249 cm³/mol. The van der Waals surface area contributed by atoms with E-state index < -0.39 is 18.3 Å². The molecule has 4 aromatic rings. The molecule has 0 bridgehead atoms. The summed E-state index contributed by atoms with van der Waals surface area (Å²) in [7, 11) is 0. The first-order valence-electron chi connectivity index (χ1n) is 20.5. The fourth-order valence-electron chi connectivity index (χ4n) is 11.0. The maximum atomic E-state index is 5.86. The third-order valence-corrected chi connectivity index (χ3v) is 32.8. The van der Waals surface area contributed by atoms with Gasteiger partial charge in [0, 0.05) is 0 Å². The van der Waals surface area contributed by atoms with Crippen LogP contribution >= 0.6 is 24.8 Å². The van der Waals surface area contributed by atoms with Gasteiger partial charge in [-0.1, -0.05) is 0 Å². The van der Waals surface area contributed by atoms with Gasteiger partial charge in [0.2, 0.25) is 0 Å². The molecule has 4 aromatic carbocycles. The van der Waals surface area contributed by atoms with Gasteiger partial charge in [-0.15, -0.1) is 24.8 Å². The fraction of sp³-hybridized carbons (Fsp3) is 0.377. The van der Waals surface area contributed by atoms with Crippen molar-refractivity contribution in [2.24, 2.45) is 0 Å². The molecule has 1 atom stereocenters. The second-order valence-electron chi connectivity index (χ2n) is 20.8. The molecule has 0 saturated heterocycles. The summed E-state index contributed by atoms with van der Waals surface area (Å²) in [5.41, 5.74) is 17.4. The minimum absolute atomic E-state index is 0. The van der Waals surface area contributed by atoms with Crippen LogP contribution in [0.4, 0.5) is 0 Å². The van der Waals surface area contributed by atoms with Gasteiger partial charge in [0.1, 0.15) is 0 Å². The topological polar surface area (TPSA) is 0 Å². The molecule has 56 heavy (non-hydrogen) atoms. The Morgan fingerprint density at radius 3 is 1.59 bits per heavy atom. The summed E-state index contributed by atoms with van der Waals surface area (Å²) in [6.07, 6.45) is 15.4. The van der Waals surface area contributed by atoms with Crippen LogP contribution in [-0.4, -0.2) is 4.21 Å². The molecule has 0 aliphatic heterocycles. The third kappa shape index (κ3) is 6.20. The normalized spacial score (nSPS) is 19.3. The van der Waals surface area contributed by atoms with E-state index in [1.165, 1.54) is 73.3 Å². The van der Waals surface area contributed by atoms with E-state index in [-0.39, 0.29) is 50.1 Å². The number of hydrogen-bond acceptors (Lipinski definition) is 0. The zero-order valence-electron chi connectivity index (χ0n) is 36.0. The second kappa shape index (κ2) is 13.9. The number of rotatable bonds is 4. The third-order valence-electron chi connectivity index (χ3n) is 14.6. The fourth-order valence-corrected chi connectivity index (χ4v) is 29.4. The molecule has 8 rings (SSSR count). The van der Waals surface area contributed by atoms with Crippen molar-refractivity contribution in [3.63, 3.8) is 0 Å². The van der Waals surface area contributed by atoms with E-state index in [0.717, 1.165) is 19.3 Å². The van der Waals surface area contributed by atoms with Gasteiger partial charge in [-0.05, 0) is 0 Å². The summed E-state index contributed by atoms with van der Waals surface area (Å²) in [4.78, 5) is 0. The van der Waals surface area contributed by atoms with E-state index in [0.29, 0.717) is 0 Å². The average Bonchev–Trinajstić information content (AvgIpc) is 3.79.